The number of hydrogen-bond acceptors (Lipinski definition) is 3. The highest BCUT2D eigenvalue weighted by molar-refractivity contribution is 4.88. The Balaban J connectivity index is 2.21. The Kier molecular flexibility index (Phi) is 3.50. The maximum atomic E-state index is 9.12. The fraction of sp³-hybridized carbons (Fsp3) is 1.00. The van der Waals surface area contributed by atoms with Crippen LogP contribution in [0.2, 0.25) is 0 Å². The lowest BCUT2D eigenvalue weighted by Gasteiger charge is -2.26. The van der Waals surface area contributed by atoms with Crippen LogP contribution in [0.1, 0.15) is 32.6 Å². The van der Waals surface area contributed by atoms with Crippen molar-refractivity contribution in [3.63, 3.8) is 0 Å². The van der Waals surface area contributed by atoms with Gasteiger partial charge in [0.2, 0.25) is 0 Å². The molecule has 1 aliphatic carbocycles. The minimum Gasteiger partial charge on any atom is -0.394 e. The molecule has 0 aromatic rings. The molecule has 1 atom stereocenters. The van der Waals surface area contributed by atoms with E-state index in [9.17, 15) is 0 Å². The maximum absolute atomic E-state index is 9.12. The van der Waals surface area contributed by atoms with Gasteiger partial charge in [-0.3, -0.25) is 0 Å². The molecule has 0 amide bonds. The highest BCUT2D eigenvalue weighted by Crippen LogP contribution is 2.28. The second-order valence-electron chi connectivity index (χ2n) is 3.99. The Morgan fingerprint density at radius 3 is 2.50 bits per heavy atom. The van der Waals surface area contributed by atoms with Crippen LogP contribution in [0, 0.1) is 0 Å². The van der Waals surface area contributed by atoms with Gasteiger partial charge in [-0.2, -0.15) is 0 Å². The third-order valence-electron chi connectivity index (χ3n) is 2.68. The molecular formula is C9H19NO2. The van der Waals surface area contributed by atoms with Crippen LogP contribution >= 0.6 is 0 Å². The zero-order chi connectivity index (χ0) is 9.03. The van der Waals surface area contributed by atoms with Crippen LogP contribution in [0.25, 0.3) is 0 Å². The van der Waals surface area contributed by atoms with E-state index in [1.807, 2.05) is 0 Å². The first-order valence-electron chi connectivity index (χ1n) is 4.70. The van der Waals surface area contributed by atoms with Gasteiger partial charge in [-0.15, -0.1) is 0 Å². The summed E-state index contributed by atoms with van der Waals surface area (Å²) in [4.78, 5) is 0. The van der Waals surface area contributed by atoms with Crippen molar-refractivity contribution < 1.29 is 10.2 Å². The molecule has 0 aliphatic heterocycles. The van der Waals surface area contributed by atoms with E-state index in [0.717, 1.165) is 0 Å². The van der Waals surface area contributed by atoms with Gasteiger partial charge in [0, 0.05) is 12.1 Å². The summed E-state index contributed by atoms with van der Waals surface area (Å²) in [6, 6.07) is 0. The van der Waals surface area contributed by atoms with Crippen molar-refractivity contribution >= 4 is 0 Å². The average molecular weight is 173 g/mol. The van der Waals surface area contributed by atoms with Gasteiger partial charge >= 0.3 is 0 Å². The van der Waals surface area contributed by atoms with Gasteiger partial charge < -0.3 is 15.5 Å². The minimum absolute atomic E-state index is 0.150. The van der Waals surface area contributed by atoms with E-state index in [1.165, 1.54) is 25.7 Å². The molecule has 0 unspecified atom stereocenters. The molecule has 0 saturated heterocycles. The molecule has 3 N–H and O–H groups in total. The molecule has 1 saturated carbocycles. The van der Waals surface area contributed by atoms with Crippen molar-refractivity contribution in [1.82, 2.24) is 5.32 Å². The van der Waals surface area contributed by atoms with E-state index in [1.54, 1.807) is 0 Å². The quantitative estimate of drug-likeness (QED) is 0.571. The first kappa shape index (κ1) is 9.96. The third-order valence-corrected chi connectivity index (χ3v) is 2.68. The monoisotopic (exact) mass is 173 g/mol. The van der Waals surface area contributed by atoms with Gasteiger partial charge in [-0.05, 0) is 19.8 Å². The molecule has 0 spiro atoms. The van der Waals surface area contributed by atoms with E-state index in [4.69, 9.17) is 10.2 Å². The van der Waals surface area contributed by atoms with Crippen molar-refractivity contribution in [2.75, 3.05) is 13.2 Å². The number of rotatable bonds is 4. The first-order chi connectivity index (χ1) is 5.66. The van der Waals surface area contributed by atoms with Crippen LogP contribution in [0.15, 0.2) is 0 Å². The Morgan fingerprint density at radius 1 is 1.42 bits per heavy atom. The lowest BCUT2D eigenvalue weighted by Crippen LogP contribution is -2.44. The molecule has 1 rings (SSSR count). The van der Waals surface area contributed by atoms with Crippen molar-refractivity contribution in [1.29, 1.82) is 0 Å². The van der Waals surface area contributed by atoms with Gasteiger partial charge in [-0.1, -0.05) is 12.8 Å². The van der Waals surface area contributed by atoms with E-state index < -0.39 is 6.10 Å². The highest BCUT2D eigenvalue weighted by atomic mass is 16.3. The summed E-state index contributed by atoms with van der Waals surface area (Å²) in [7, 11) is 0. The van der Waals surface area contributed by atoms with Gasteiger partial charge in [0.05, 0.1) is 12.7 Å². The van der Waals surface area contributed by atoms with Crippen molar-refractivity contribution in [3.8, 4) is 0 Å². The van der Waals surface area contributed by atoms with Gasteiger partial charge in [-0.25, -0.2) is 0 Å². The molecule has 0 bridgehead atoms. The number of β-amino-alcohol motifs (C(OH)–C–C–N with tert-alkyl or cyclic N) is 1. The smallest absolute Gasteiger partial charge is 0.0895 e. The maximum Gasteiger partial charge on any atom is 0.0895 e. The molecule has 12 heavy (non-hydrogen) atoms. The standard InChI is InChI=1S/C9H19NO2/c1-9(4-2-3-5-9)10-6-8(12)7-11/h8,10-12H,2-7H2,1H3/t8-/m0/s1. The average Bonchev–Trinajstić information content (AvgIpc) is 2.49. The molecule has 0 radical (unpaired) electrons. The van der Waals surface area contributed by atoms with Crippen LogP contribution in [0.4, 0.5) is 0 Å². The summed E-state index contributed by atoms with van der Waals surface area (Å²) in [5.74, 6) is 0. The lowest BCUT2D eigenvalue weighted by atomic mass is 10.0. The fourth-order valence-electron chi connectivity index (χ4n) is 1.76. The number of aliphatic hydroxyl groups excluding tert-OH is 2. The molecule has 0 heterocycles. The topological polar surface area (TPSA) is 52.5 Å². The van der Waals surface area contributed by atoms with Gasteiger partial charge in [0.25, 0.3) is 0 Å². The van der Waals surface area contributed by atoms with E-state index in [-0.39, 0.29) is 12.1 Å². The summed E-state index contributed by atoms with van der Waals surface area (Å²) in [6.45, 7) is 2.54. The van der Waals surface area contributed by atoms with Crippen molar-refractivity contribution in [3.05, 3.63) is 0 Å². The fourth-order valence-corrected chi connectivity index (χ4v) is 1.76. The molecule has 72 valence electrons. The Hall–Kier alpha value is -0.120. The van der Waals surface area contributed by atoms with Crippen LogP contribution in [-0.2, 0) is 0 Å². The summed E-state index contributed by atoms with van der Waals surface area (Å²) in [5, 5.41) is 21.0. The largest absolute Gasteiger partial charge is 0.394 e. The molecule has 3 nitrogen and oxygen atoms in total. The van der Waals surface area contributed by atoms with Crippen molar-refractivity contribution in [2.24, 2.45) is 0 Å². The molecular weight excluding hydrogens is 154 g/mol. The number of aliphatic hydroxyl groups is 2. The third kappa shape index (κ3) is 2.73. The van der Waals surface area contributed by atoms with Crippen LogP contribution in [0.5, 0.6) is 0 Å². The lowest BCUT2D eigenvalue weighted by molar-refractivity contribution is 0.0870. The molecule has 1 fully saturated rings. The first-order valence-corrected chi connectivity index (χ1v) is 4.70. The van der Waals surface area contributed by atoms with E-state index >= 15 is 0 Å². The van der Waals surface area contributed by atoms with E-state index in [2.05, 4.69) is 12.2 Å². The summed E-state index contributed by atoms with van der Waals surface area (Å²) < 4.78 is 0. The number of hydrogen-bond donors (Lipinski definition) is 3. The summed E-state index contributed by atoms with van der Waals surface area (Å²) in [5.41, 5.74) is 0.205. The second-order valence-corrected chi connectivity index (χ2v) is 3.99. The van der Waals surface area contributed by atoms with Gasteiger partial charge in [0.15, 0.2) is 0 Å². The predicted octanol–water partition coefficient (Wildman–Crippen LogP) is 0.262. The summed E-state index contributed by atoms with van der Waals surface area (Å²) >= 11 is 0. The van der Waals surface area contributed by atoms with E-state index in [0.29, 0.717) is 6.54 Å². The highest BCUT2D eigenvalue weighted by Gasteiger charge is 2.28. The zero-order valence-electron chi connectivity index (χ0n) is 7.71. The Bertz CT molecular complexity index is 132. The normalized spacial score (nSPS) is 24.2. The molecule has 0 aromatic heterocycles. The molecule has 0 aromatic carbocycles. The Labute approximate surface area is 73.8 Å². The Morgan fingerprint density at radius 2 is 2.00 bits per heavy atom. The number of nitrogens with one attached hydrogen (secondary N) is 1. The van der Waals surface area contributed by atoms with Gasteiger partial charge in [0.1, 0.15) is 0 Å². The van der Waals surface area contributed by atoms with Crippen molar-refractivity contribution in [2.45, 2.75) is 44.2 Å². The second kappa shape index (κ2) is 4.21. The van der Waals surface area contributed by atoms with Crippen LogP contribution < -0.4 is 5.32 Å². The SMILES string of the molecule is CC1(NC[C@H](O)CO)CCCC1. The predicted molar refractivity (Wildman–Crippen MR) is 48.0 cm³/mol. The van der Waals surface area contributed by atoms with Crippen LogP contribution in [0.3, 0.4) is 0 Å². The summed E-state index contributed by atoms with van der Waals surface area (Å²) in [6.07, 6.45) is 4.32. The van der Waals surface area contributed by atoms with Crippen LogP contribution in [-0.4, -0.2) is 35.0 Å². The molecule has 3 heteroatoms. The molecule has 1 aliphatic rings. The zero-order valence-corrected chi connectivity index (χ0v) is 7.71. The minimum atomic E-state index is -0.609.